The normalized spacial score (nSPS) is 20.1. The van der Waals surface area contributed by atoms with Crippen LogP contribution in [0.4, 0.5) is 23.0 Å². The lowest BCUT2D eigenvalue weighted by atomic mass is 9.71. The monoisotopic (exact) mass is 1090 g/mol. The van der Waals surface area contributed by atoms with E-state index in [1.807, 2.05) is 13.8 Å². The molecule has 19 nitrogen and oxygen atoms in total. The summed E-state index contributed by atoms with van der Waals surface area (Å²) in [5, 5.41) is 7.11. The molecule has 6 aliphatic rings. The highest BCUT2D eigenvalue weighted by Crippen LogP contribution is 2.43. The molecule has 0 bridgehead atoms. The van der Waals surface area contributed by atoms with Crippen LogP contribution in [-0.4, -0.2) is 185 Å². The smallest absolute Gasteiger partial charge is 0.269 e. The lowest BCUT2D eigenvalue weighted by Crippen LogP contribution is -2.52. The Balaban J connectivity index is 0.000000192. The SMILES string of the molecule is CCc1nc(C(N)=O)c(Cc2ccc(N3CCC(N4CCN(C)CC4)CC3)c(OC)c2)nc1NC1CCOCC1.CCc1nc(C(N)=O)c(Cc2ccc(N3CCC4(CCN(C)CC4)CC3)c(OC)c2)nc1NC1CCOCC1. The summed E-state index contributed by atoms with van der Waals surface area (Å²) in [6.07, 6.45) is 13.3. The summed E-state index contributed by atoms with van der Waals surface area (Å²) >= 11 is 0. The number of primary amides is 2. The van der Waals surface area contributed by atoms with Crippen LogP contribution >= 0.6 is 0 Å². The highest BCUT2D eigenvalue weighted by molar-refractivity contribution is 5.93. The molecule has 0 atom stereocenters. The van der Waals surface area contributed by atoms with Crippen molar-refractivity contribution in [2.75, 3.05) is 141 Å². The summed E-state index contributed by atoms with van der Waals surface area (Å²) < 4.78 is 22.7. The molecule has 19 heteroatoms. The molecule has 0 unspecified atom stereocenters. The number of amides is 2. The molecule has 6 saturated heterocycles. The number of carbonyl (C=O) groups is 2. The number of piperazine rings is 1. The minimum Gasteiger partial charge on any atom is -0.495 e. The Hall–Kier alpha value is -5.86. The second-order valence-electron chi connectivity index (χ2n) is 22.8. The van der Waals surface area contributed by atoms with Crippen LogP contribution in [0.25, 0.3) is 0 Å². The first-order valence-corrected chi connectivity index (χ1v) is 29.4. The molecule has 8 heterocycles. The van der Waals surface area contributed by atoms with Gasteiger partial charge in [0.15, 0.2) is 0 Å². The predicted molar refractivity (Wildman–Crippen MR) is 311 cm³/mol. The highest BCUT2D eigenvalue weighted by Gasteiger charge is 2.38. The van der Waals surface area contributed by atoms with Gasteiger partial charge in [0.25, 0.3) is 11.8 Å². The van der Waals surface area contributed by atoms with E-state index < -0.39 is 11.8 Å². The molecular formula is C60H89N13O6. The van der Waals surface area contributed by atoms with E-state index in [4.69, 9.17) is 40.4 Å². The second kappa shape index (κ2) is 27.1. The minimum absolute atomic E-state index is 0.239. The largest absolute Gasteiger partial charge is 0.495 e. The summed E-state index contributed by atoms with van der Waals surface area (Å²) in [6, 6.07) is 13.9. The average molecular weight is 1090 g/mol. The quantitative estimate of drug-likeness (QED) is 0.0928. The number of aryl methyl sites for hydroxylation is 2. The number of benzene rings is 2. The third-order valence-electron chi connectivity index (χ3n) is 17.6. The third kappa shape index (κ3) is 14.6. The van der Waals surface area contributed by atoms with E-state index in [0.717, 1.165) is 148 Å². The van der Waals surface area contributed by atoms with Gasteiger partial charge in [-0.25, -0.2) is 19.9 Å². The van der Waals surface area contributed by atoms with Crippen LogP contribution in [0.2, 0.25) is 0 Å². The molecule has 79 heavy (non-hydrogen) atoms. The topological polar surface area (TPSA) is 215 Å². The van der Waals surface area contributed by atoms with Crippen molar-refractivity contribution in [2.45, 2.75) is 122 Å². The molecule has 0 aliphatic carbocycles. The zero-order chi connectivity index (χ0) is 55.5. The molecule has 0 radical (unpaired) electrons. The van der Waals surface area contributed by atoms with Crippen molar-refractivity contribution in [1.82, 2.24) is 34.6 Å². The Morgan fingerprint density at radius 1 is 0.570 bits per heavy atom. The Morgan fingerprint density at radius 2 is 0.987 bits per heavy atom. The zero-order valence-corrected chi connectivity index (χ0v) is 48.1. The van der Waals surface area contributed by atoms with Crippen molar-refractivity contribution in [3.8, 4) is 11.5 Å². The maximum Gasteiger partial charge on any atom is 0.269 e. The van der Waals surface area contributed by atoms with Crippen LogP contribution in [0.5, 0.6) is 11.5 Å². The first-order chi connectivity index (χ1) is 38.3. The number of hydrogen-bond acceptors (Lipinski definition) is 17. The van der Waals surface area contributed by atoms with Crippen molar-refractivity contribution in [1.29, 1.82) is 0 Å². The number of anilines is 4. The van der Waals surface area contributed by atoms with Crippen LogP contribution < -0.4 is 41.4 Å². The molecule has 1 spiro atoms. The summed E-state index contributed by atoms with van der Waals surface area (Å²) in [5.74, 6) is 2.07. The van der Waals surface area contributed by atoms with Crippen molar-refractivity contribution < 1.29 is 28.5 Å². The maximum atomic E-state index is 12.4. The van der Waals surface area contributed by atoms with Crippen LogP contribution in [0.1, 0.15) is 133 Å². The number of likely N-dealkylation sites (N-methyl/N-ethyl adjacent to an activating group) is 1. The summed E-state index contributed by atoms with van der Waals surface area (Å²) in [7, 11) is 7.89. The number of aromatic nitrogens is 4. The average Bonchev–Trinajstić information content (AvgIpc) is 3.49. The Labute approximate surface area is 468 Å². The van der Waals surface area contributed by atoms with E-state index in [9.17, 15) is 9.59 Å². The summed E-state index contributed by atoms with van der Waals surface area (Å²) in [5.41, 5.74) is 19.5. The Morgan fingerprint density at radius 3 is 1.41 bits per heavy atom. The van der Waals surface area contributed by atoms with Crippen LogP contribution in [0, 0.1) is 5.41 Å². The van der Waals surface area contributed by atoms with Gasteiger partial charge in [-0.15, -0.1) is 0 Å². The number of hydrogen-bond donors (Lipinski definition) is 4. The number of methoxy groups -OCH3 is 2. The van der Waals surface area contributed by atoms with Gasteiger partial charge in [0.05, 0.1) is 48.4 Å². The number of ether oxygens (including phenoxy) is 4. The molecule has 6 N–H and O–H groups in total. The van der Waals surface area contributed by atoms with Crippen molar-refractivity contribution in [3.05, 3.63) is 81.7 Å². The summed E-state index contributed by atoms with van der Waals surface area (Å²) in [4.78, 5) is 56.3. The molecule has 2 aromatic heterocycles. The Kier molecular flexibility index (Phi) is 19.8. The van der Waals surface area contributed by atoms with Gasteiger partial charge >= 0.3 is 0 Å². The number of nitrogens with zero attached hydrogens (tertiary/aromatic N) is 9. The van der Waals surface area contributed by atoms with Gasteiger partial charge in [-0.2, -0.15) is 0 Å². The second-order valence-corrected chi connectivity index (χ2v) is 22.8. The van der Waals surface area contributed by atoms with E-state index in [1.165, 1.54) is 64.7 Å². The van der Waals surface area contributed by atoms with Gasteiger partial charge in [-0.3, -0.25) is 14.5 Å². The number of piperidine rings is 3. The fourth-order valence-electron chi connectivity index (χ4n) is 12.5. The fourth-order valence-corrected chi connectivity index (χ4v) is 12.5. The van der Waals surface area contributed by atoms with Crippen molar-refractivity contribution >= 4 is 34.8 Å². The molecule has 6 fully saturated rings. The van der Waals surface area contributed by atoms with E-state index in [-0.39, 0.29) is 23.5 Å². The molecule has 6 aliphatic heterocycles. The predicted octanol–water partition coefficient (Wildman–Crippen LogP) is 6.18. The van der Waals surface area contributed by atoms with E-state index in [1.54, 1.807) is 14.2 Å². The lowest BCUT2D eigenvalue weighted by molar-refractivity contribution is 0.0902. The van der Waals surface area contributed by atoms with Crippen LogP contribution in [0.15, 0.2) is 36.4 Å². The number of nitrogens with two attached hydrogens (primary N) is 2. The first-order valence-electron chi connectivity index (χ1n) is 29.4. The zero-order valence-electron chi connectivity index (χ0n) is 48.1. The minimum atomic E-state index is -0.554. The third-order valence-corrected chi connectivity index (χ3v) is 17.6. The number of nitrogens with one attached hydrogen (secondary N) is 2. The van der Waals surface area contributed by atoms with E-state index in [0.29, 0.717) is 48.5 Å². The molecule has 2 amide bonds. The highest BCUT2D eigenvalue weighted by atomic mass is 16.5. The molecule has 4 aromatic rings. The van der Waals surface area contributed by atoms with Gasteiger partial charge in [-0.1, -0.05) is 26.0 Å². The number of carbonyl (C=O) groups excluding carboxylic acids is 2. The van der Waals surface area contributed by atoms with Crippen molar-refractivity contribution in [2.24, 2.45) is 16.9 Å². The Bertz CT molecular complexity index is 2660. The van der Waals surface area contributed by atoms with Crippen LogP contribution in [0.3, 0.4) is 0 Å². The molecule has 2 aromatic carbocycles. The first kappa shape index (κ1) is 57.8. The maximum absolute atomic E-state index is 12.4. The standard InChI is InChI=1S/C30H45N7O3.C30H44N6O3/c1-4-24-30(32-22-9-17-40-18-10-22)34-25(28(33-24)29(31)38)19-21-5-6-26(27(20-21)39-3)37-11-7-23(8-12-37)36-15-13-35(2)14-16-36;1-4-23-29(32-22-7-17-39-18-8-22)34-24(27(33-23)28(31)37)19-21-5-6-25(26(20-21)38-3)36-15-11-30(12-16-36)9-13-35(2)14-10-30/h5-6,20,22-23H,4,7-19H2,1-3H3,(H2,31,38)(H,32,34);5-6,20,22H,4,7-19H2,1-3H3,(H2,31,37)(H,32,34). The van der Waals surface area contributed by atoms with E-state index in [2.05, 4.69) is 95.6 Å². The van der Waals surface area contributed by atoms with E-state index >= 15 is 0 Å². The van der Waals surface area contributed by atoms with Gasteiger partial charge in [0, 0.05) is 110 Å². The van der Waals surface area contributed by atoms with Gasteiger partial charge < -0.3 is 60.6 Å². The molecule has 430 valence electrons. The van der Waals surface area contributed by atoms with Crippen LogP contribution in [-0.2, 0) is 35.2 Å². The molecule has 10 rings (SSSR count). The van der Waals surface area contributed by atoms with Gasteiger partial charge in [0.2, 0.25) is 0 Å². The van der Waals surface area contributed by atoms with Crippen molar-refractivity contribution in [3.63, 3.8) is 0 Å². The summed E-state index contributed by atoms with van der Waals surface area (Å²) in [6.45, 7) is 18.2. The molecular weight excluding hydrogens is 999 g/mol. The lowest BCUT2D eigenvalue weighted by Gasteiger charge is -2.47. The van der Waals surface area contributed by atoms with Gasteiger partial charge in [-0.05, 0) is 145 Å². The van der Waals surface area contributed by atoms with Gasteiger partial charge in [0.1, 0.15) is 34.5 Å². The number of rotatable bonds is 17. The fraction of sp³-hybridized carbons (Fsp3) is 0.633. The number of likely N-dealkylation sites (tertiary alicyclic amines) is 1. The molecule has 0 saturated carbocycles.